The Balaban J connectivity index is 1.73. The van der Waals surface area contributed by atoms with Crippen molar-refractivity contribution in [3.8, 4) is 5.75 Å². The zero-order valence-electron chi connectivity index (χ0n) is 14.6. The lowest BCUT2D eigenvalue weighted by Gasteiger charge is -2.15. The van der Waals surface area contributed by atoms with Crippen molar-refractivity contribution < 1.29 is 23.1 Å². The van der Waals surface area contributed by atoms with Crippen LogP contribution in [0.15, 0.2) is 54.6 Å². The first kappa shape index (κ1) is 20.4. The summed E-state index contributed by atoms with van der Waals surface area (Å²) in [6, 6.07) is 14.7. The molecule has 144 valence electrons. The van der Waals surface area contributed by atoms with Crippen LogP contribution in [0.4, 0.5) is 5.69 Å². The van der Waals surface area contributed by atoms with Crippen LogP contribution < -0.4 is 20.1 Å². The van der Waals surface area contributed by atoms with Gasteiger partial charge in [-0.15, -0.1) is 0 Å². The van der Waals surface area contributed by atoms with Crippen molar-refractivity contribution in [3.63, 3.8) is 0 Å². The maximum absolute atomic E-state index is 12.1. The molecule has 2 rings (SSSR count). The topological polar surface area (TPSA) is 120 Å². The van der Waals surface area contributed by atoms with E-state index in [-0.39, 0.29) is 19.1 Å². The minimum absolute atomic E-state index is 0.183. The van der Waals surface area contributed by atoms with Gasteiger partial charge < -0.3 is 24.6 Å². The number of hydrogen-bond acceptors (Lipinski definition) is 5. The van der Waals surface area contributed by atoms with E-state index in [2.05, 4.69) is 15.4 Å². The minimum atomic E-state index is -2.38. The number of anilines is 1. The summed E-state index contributed by atoms with van der Waals surface area (Å²) in [5, 5.41) is 5.26. The third-order valence-electron chi connectivity index (χ3n) is 3.51. The average Bonchev–Trinajstić information content (AvgIpc) is 2.66. The summed E-state index contributed by atoms with van der Waals surface area (Å²) >= 11 is -2.38. The molecule has 8 nitrogen and oxygen atoms in total. The zero-order chi connectivity index (χ0) is 19.6. The molecule has 0 aromatic heterocycles. The van der Waals surface area contributed by atoms with Crippen molar-refractivity contribution in [3.05, 3.63) is 60.2 Å². The van der Waals surface area contributed by atoms with Crippen LogP contribution >= 0.6 is 0 Å². The molecular weight excluding hydrogens is 370 g/mol. The molecule has 2 unspecified atom stereocenters. The lowest BCUT2D eigenvalue weighted by Crippen LogP contribution is -2.46. The van der Waals surface area contributed by atoms with Crippen molar-refractivity contribution in [1.82, 2.24) is 10.6 Å². The minimum Gasteiger partial charge on any atom is -0.755 e. The van der Waals surface area contributed by atoms with Gasteiger partial charge in [-0.05, 0) is 36.8 Å². The Bertz CT molecular complexity index is 783. The summed E-state index contributed by atoms with van der Waals surface area (Å²) in [6.07, 6.45) is 0. The second kappa shape index (κ2) is 10.3. The van der Waals surface area contributed by atoms with Gasteiger partial charge in [0.05, 0.1) is 0 Å². The van der Waals surface area contributed by atoms with Gasteiger partial charge in [0, 0.05) is 23.5 Å². The van der Waals surface area contributed by atoms with E-state index in [0.717, 1.165) is 5.56 Å². The molecule has 2 aromatic rings. The summed E-state index contributed by atoms with van der Waals surface area (Å²) < 4.78 is 28.6. The van der Waals surface area contributed by atoms with Gasteiger partial charge in [0.15, 0.2) is 6.61 Å². The number of amides is 2. The van der Waals surface area contributed by atoms with E-state index in [9.17, 15) is 18.4 Å². The lowest BCUT2D eigenvalue weighted by molar-refractivity contribution is -0.129. The van der Waals surface area contributed by atoms with Crippen molar-refractivity contribution in [2.45, 2.75) is 19.5 Å². The molecule has 0 heterocycles. The predicted molar refractivity (Wildman–Crippen MR) is 100 cm³/mol. The largest absolute Gasteiger partial charge is 0.755 e. The van der Waals surface area contributed by atoms with Gasteiger partial charge in [-0.3, -0.25) is 13.8 Å². The molecule has 2 aromatic carbocycles. The van der Waals surface area contributed by atoms with E-state index in [1.54, 1.807) is 55.5 Å². The summed E-state index contributed by atoms with van der Waals surface area (Å²) in [5.41, 5.74) is 1.22. The van der Waals surface area contributed by atoms with Crippen LogP contribution in [0.25, 0.3) is 0 Å². The Morgan fingerprint density at radius 1 is 1.11 bits per heavy atom. The highest BCUT2D eigenvalue weighted by molar-refractivity contribution is 7.80. The van der Waals surface area contributed by atoms with E-state index >= 15 is 0 Å². The second-order valence-electron chi connectivity index (χ2n) is 5.64. The fourth-order valence-electron chi connectivity index (χ4n) is 2.14. The molecule has 0 fully saturated rings. The van der Waals surface area contributed by atoms with Crippen LogP contribution in [0.1, 0.15) is 12.5 Å². The predicted octanol–water partition coefficient (Wildman–Crippen LogP) is 1.09. The van der Waals surface area contributed by atoms with Crippen LogP contribution in [-0.4, -0.2) is 33.2 Å². The van der Waals surface area contributed by atoms with Gasteiger partial charge in [0.25, 0.3) is 5.91 Å². The molecule has 0 aliphatic heterocycles. The Hall–Kier alpha value is -2.91. The smallest absolute Gasteiger partial charge is 0.258 e. The first-order valence-corrected chi connectivity index (χ1v) is 9.21. The number of ether oxygens (including phenoxy) is 1. The average molecular weight is 390 g/mol. The molecule has 0 bridgehead atoms. The Morgan fingerprint density at radius 3 is 2.41 bits per heavy atom. The third kappa shape index (κ3) is 7.47. The number of carbonyl (C=O) groups is 2. The van der Waals surface area contributed by atoms with Gasteiger partial charge in [-0.1, -0.05) is 30.3 Å². The highest BCUT2D eigenvalue weighted by Crippen LogP contribution is 2.10. The van der Waals surface area contributed by atoms with Crippen LogP contribution in [0.2, 0.25) is 0 Å². The number of benzene rings is 2. The Labute approximate surface area is 159 Å². The van der Waals surface area contributed by atoms with Crippen LogP contribution in [0.5, 0.6) is 5.75 Å². The zero-order valence-corrected chi connectivity index (χ0v) is 15.5. The van der Waals surface area contributed by atoms with Crippen molar-refractivity contribution in [2.75, 3.05) is 11.3 Å². The molecule has 2 atom stereocenters. The SMILES string of the molecule is CC(NC(=O)COc1ccccc1)C(=O)NCc1ccc(NS(=O)[O-])cc1. The molecule has 0 aliphatic rings. The van der Waals surface area contributed by atoms with E-state index in [1.807, 2.05) is 6.07 Å². The van der Waals surface area contributed by atoms with E-state index < -0.39 is 23.2 Å². The quantitative estimate of drug-likeness (QED) is 0.554. The van der Waals surface area contributed by atoms with Gasteiger partial charge in [-0.2, -0.15) is 0 Å². The summed E-state index contributed by atoms with van der Waals surface area (Å²) in [5.74, 6) is -0.169. The second-order valence-corrected chi connectivity index (χ2v) is 6.32. The summed E-state index contributed by atoms with van der Waals surface area (Å²) in [4.78, 5) is 23.9. The van der Waals surface area contributed by atoms with Crippen molar-refractivity contribution in [1.29, 1.82) is 0 Å². The molecule has 27 heavy (non-hydrogen) atoms. The van der Waals surface area contributed by atoms with Crippen molar-refractivity contribution in [2.24, 2.45) is 0 Å². The van der Waals surface area contributed by atoms with Gasteiger partial charge in [0.2, 0.25) is 5.91 Å². The van der Waals surface area contributed by atoms with E-state index in [0.29, 0.717) is 11.4 Å². The number of rotatable bonds is 9. The Morgan fingerprint density at radius 2 is 1.78 bits per heavy atom. The summed E-state index contributed by atoms with van der Waals surface area (Å²) in [6.45, 7) is 1.64. The lowest BCUT2D eigenvalue weighted by atomic mass is 10.2. The highest BCUT2D eigenvalue weighted by atomic mass is 32.2. The molecule has 0 saturated carbocycles. The molecule has 0 saturated heterocycles. The maximum Gasteiger partial charge on any atom is 0.258 e. The molecular formula is C18H20N3O5S-. The molecule has 0 aliphatic carbocycles. The van der Waals surface area contributed by atoms with E-state index in [4.69, 9.17) is 4.74 Å². The van der Waals surface area contributed by atoms with Crippen LogP contribution in [-0.2, 0) is 27.4 Å². The maximum atomic E-state index is 12.1. The van der Waals surface area contributed by atoms with Crippen molar-refractivity contribution >= 4 is 28.8 Å². The monoisotopic (exact) mass is 390 g/mol. The summed E-state index contributed by atoms with van der Waals surface area (Å²) in [7, 11) is 0. The standard InChI is InChI=1S/C18H21N3O5S/c1-13(20-17(22)12-26-16-5-3-2-4-6-16)18(23)19-11-14-7-9-15(10-8-14)21-27(24)25/h2-10,13,21H,11-12H2,1H3,(H,19,23)(H,20,22)(H,24,25)/p-1. The number of hydrogen-bond donors (Lipinski definition) is 3. The first-order chi connectivity index (χ1) is 12.9. The molecule has 9 heteroatoms. The van der Waals surface area contributed by atoms with Crippen LogP contribution in [0, 0.1) is 0 Å². The third-order valence-corrected chi connectivity index (χ3v) is 3.91. The molecule has 0 spiro atoms. The van der Waals surface area contributed by atoms with Gasteiger partial charge in [-0.25, -0.2) is 0 Å². The fourth-order valence-corrected chi connectivity index (χ4v) is 2.47. The van der Waals surface area contributed by atoms with Gasteiger partial charge in [0.1, 0.15) is 11.8 Å². The number of carbonyl (C=O) groups excluding carboxylic acids is 2. The Kier molecular flexibility index (Phi) is 7.78. The number of nitrogens with one attached hydrogen (secondary N) is 3. The highest BCUT2D eigenvalue weighted by Gasteiger charge is 2.15. The number of para-hydroxylation sites is 1. The first-order valence-electron chi connectivity index (χ1n) is 8.14. The molecule has 3 N–H and O–H groups in total. The van der Waals surface area contributed by atoms with E-state index in [1.165, 1.54) is 0 Å². The molecule has 2 amide bonds. The fraction of sp³-hybridized carbons (Fsp3) is 0.222. The van der Waals surface area contributed by atoms with Gasteiger partial charge >= 0.3 is 0 Å². The normalized spacial score (nSPS) is 12.5. The van der Waals surface area contributed by atoms with Crippen LogP contribution in [0.3, 0.4) is 0 Å². The molecule has 0 radical (unpaired) electrons.